The molecule has 6 nitrogen and oxygen atoms in total. The molecule has 1 rings (SSSR count). The Labute approximate surface area is 108 Å². The second-order valence-corrected chi connectivity index (χ2v) is 6.50. The molecule has 0 spiro atoms. The summed E-state index contributed by atoms with van der Waals surface area (Å²) in [4.78, 5) is 11.6. The third-order valence-electron chi connectivity index (χ3n) is 3.31. The third-order valence-corrected chi connectivity index (χ3v) is 4.03. The summed E-state index contributed by atoms with van der Waals surface area (Å²) in [6, 6.07) is -0.588. The van der Waals surface area contributed by atoms with Gasteiger partial charge in [0.1, 0.15) is 0 Å². The molecular formula is C11H22N2O4S. The van der Waals surface area contributed by atoms with Crippen molar-refractivity contribution in [3.8, 4) is 0 Å². The van der Waals surface area contributed by atoms with Crippen molar-refractivity contribution in [2.24, 2.45) is 11.7 Å². The molecule has 1 aliphatic rings. The van der Waals surface area contributed by atoms with Gasteiger partial charge in [-0.1, -0.05) is 32.1 Å². The molecule has 0 aromatic heterocycles. The van der Waals surface area contributed by atoms with Crippen molar-refractivity contribution >= 4 is 16.0 Å². The number of nitrogens with two attached hydrogens (primary N) is 1. The fourth-order valence-corrected chi connectivity index (χ4v) is 2.68. The zero-order valence-electron chi connectivity index (χ0n) is 10.5. The highest BCUT2D eigenvalue weighted by molar-refractivity contribution is 7.85. The van der Waals surface area contributed by atoms with Crippen LogP contribution in [0.2, 0.25) is 0 Å². The lowest BCUT2D eigenvalue weighted by atomic mass is 9.85. The van der Waals surface area contributed by atoms with Gasteiger partial charge < -0.3 is 11.1 Å². The average Bonchev–Trinajstić information content (AvgIpc) is 2.28. The summed E-state index contributed by atoms with van der Waals surface area (Å²) in [5.41, 5.74) is 5.77. The van der Waals surface area contributed by atoms with Gasteiger partial charge in [0, 0.05) is 6.54 Å². The van der Waals surface area contributed by atoms with Crippen molar-refractivity contribution in [2.75, 3.05) is 12.3 Å². The predicted molar refractivity (Wildman–Crippen MR) is 68.6 cm³/mol. The molecule has 1 fully saturated rings. The van der Waals surface area contributed by atoms with E-state index in [9.17, 15) is 13.2 Å². The zero-order chi connectivity index (χ0) is 13.6. The molecule has 18 heavy (non-hydrogen) atoms. The molecule has 1 aliphatic carbocycles. The van der Waals surface area contributed by atoms with Crippen LogP contribution >= 0.6 is 0 Å². The number of amides is 1. The molecular weight excluding hydrogens is 256 g/mol. The van der Waals surface area contributed by atoms with E-state index >= 15 is 0 Å². The lowest BCUT2D eigenvalue weighted by Gasteiger charge is -2.24. The number of rotatable bonds is 6. The summed E-state index contributed by atoms with van der Waals surface area (Å²) >= 11 is 0. The van der Waals surface area contributed by atoms with Gasteiger partial charge in [-0.25, -0.2) is 0 Å². The van der Waals surface area contributed by atoms with E-state index < -0.39 is 21.9 Å². The van der Waals surface area contributed by atoms with Gasteiger partial charge in [0.05, 0.1) is 11.8 Å². The lowest BCUT2D eigenvalue weighted by Crippen LogP contribution is -2.43. The van der Waals surface area contributed by atoms with E-state index in [0.29, 0.717) is 12.3 Å². The monoisotopic (exact) mass is 278 g/mol. The van der Waals surface area contributed by atoms with E-state index in [1.807, 2.05) is 0 Å². The summed E-state index contributed by atoms with van der Waals surface area (Å²) in [6.45, 7) is -0.101. The molecule has 0 radical (unpaired) electrons. The van der Waals surface area contributed by atoms with Crippen molar-refractivity contribution in [1.29, 1.82) is 0 Å². The van der Waals surface area contributed by atoms with Crippen LogP contribution in [0.1, 0.15) is 38.5 Å². The Kier molecular flexibility index (Phi) is 6.04. The van der Waals surface area contributed by atoms with Crippen LogP contribution in [-0.2, 0) is 14.9 Å². The molecule has 1 atom stereocenters. The van der Waals surface area contributed by atoms with Crippen molar-refractivity contribution in [2.45, 2.75) is 44.6 Å². The maximum atomic E-state index is 11.6. The average molecular weight is 278 g/mol. The summed E-state index contributed by atoms with van der Waals surface area (Å²) in [5, 5.41) is 2.43. The summed E-state index contributed by atoms with van der Waals surface area (Å²) < 4.78 is 29.5. The van der Waals surface area contributed by atoms with Gasteiger partial charge in [-0.05, 0) is 12.3 Å². The minimum Gasteiger partial charge on any atom is -0.354 e. The van der Waals surface area contributed by atoms with Gasteiger partial charge in [0.15, 0.2) is 0 Å². The first-order valence-electron chi connectivity index (χ1n) is 6.37. The van der Waals surface area contributed by atoms with Gasteiger partial charge in [-0.3, -0.25) is 9.35 Å². The highest BCUT2D eigenvalue weighted by atomic mass is 32.2. The predicted octanol–water partition coefficient (Wildman–Crippen LogP) is 0.288. The van der Waals surface area contributed by atoms with Crippen LogP contribution in [0.3, 0.4) is 0 Å². The molecule has 0 bridgehead atoms. The highest BCUT2D eigenvalue weighted by Crippen LogP contribution is 2.26. The quantitative estimate of drug-likeness (QED) is 0.605. The summed E-state index contributed by atoms with van der Waals surface area (Å²) in [6.07, 6.45) is 6.53. The van der Waals surface area contributed by atoms with Crippen molar-refractivity contribution in [3.05, 3.63) is 0 Å². The van der Waals surface area contributed by atoms with Crippen LogP contribution in [0.4, 0.5) is 0 Å². The Bertz CT molecular complexity index is 363. The fraction of sp³-hybridized carbons (Fsp3) is 0.909. The Morgan fingerprint density at radius 3 is 2.50 bits per heavy atom. The maximum Gasteiger partial charge on any atom is 0.266 e. The number of carbonyl (C=O) groups is 1. The largest absolute Gasteiger partial charge is 0.354 e. The molecule has 0 aromatic rings. The number of hydrogen-bond acceptors (Lipinski definition) is 4. The molecule has 0 saturated heterocycles. The first-order valence-corrected chi connectivity index (χ1v) is 7.98. The third kappa shape index (κ3) is 6.32. The molecule has 1 unspecified atom stereocenters. The lowest BCUT2D eigenvalue weighted by molar-refractivity contribution is -0.122. The Morgan fingerprint density at radius 1 is 1.33 bits per heavy atom. The van der Waals surface area contributed by atoms with Crippen molar-refractivity contribution in [3.63, 3.8) is 0 Å². The topological polar surface area (TPSA) is 109 Å². The van der Waals surface area contributed by atoms with Crippen LogP contribution in [0.5, 0.6) is 0 Å². The van der Waals surface area contributed by atoms with Crippen LogP contribution in [-0.4, -0.2) is 37.2 Å². The number of nitrogens with one attached hydrogen (secondary N) is 1. The minimum atomic E-state index is -4.03. The van der Waals surface area contributed by atoms with E-state index in [4.69, 9.17) is 10.3 Å². The second kappa shape index (κ2) is 7.06. The Morgan fingerprint density at radius 2 is 1.94 bits per heavy atom. The fourth-order valence-electron chi connectivity index (χ4n) is 2.32. The first kappa shape index (κ1) is 15.4. The van der Waals surface area contributed by atoms with Gasteiger partial charge in [0.2, 0.25) is 5.91 Å². The second-order valence-electron chi connectivity index (χ2n) is 4.92. The van der Waals surface area contributed by atoms with E-state index in [1.54, 1.807) is 0 Å². The molecule has 1 amide bonds. The van der Waals surface area contributed by atoms with Gasteiger partial charge in [-0.2, -0.15) is 8.42 Å². The van der Waals surface area contributed by atoms with E-state index in [2.05, 4.69) is 5.32 Å². The molecule has 1 saturated carbocycles. The highest BCUT2D eigenvalue weighted by Gasteiger charge is 2.21. The van der Waals surface area contributed by atoms with Crippen LogP contribution < -0.4 is 11.1 Å². The molecule has 106 valence electrons. The van der Waals surface area contributed by atoms with Crippen LogP contribution in [0.15, 0.2) is 0 Å². The number of hydrogen-bond donors (Lipinski definition) is 3. The first-order chi connectivity index (χ1) is 8.38. The molecule has 0 heterocycles. The molecule has 0 aromatic carbocycles. The Hall–Kier alpha value is -0.660. The van der Waals surface area contributed by atoms with E-state index in [-0.39, 0.29) is 12.5 Å². The minimum absolute atomic E-state index is 0.101. The SMILES string of the molecule is NC(CC1CCCCC1)C(=O)NCCS(=O)(=O)O. The van der Waals surface area contributed by atoms with E-state index in [0.717, 1.165) is 12.8 Å². The summed E-state index contributed by atoms with van der Waals surface area (Å²) in [5.74, 6) is -0.320. The van der Waals surface area contributed by atoms with Gasteiger partial charge in [0.25, 0.3) is 10.1 Å². The van der Waals surface area contributed by atoms with Crippen molar-refractivity contribution in [1.82, 2.24) is 5.32 Å². The van der Waals surface area contributed by atoms with Crippen LogP contribution in [0, 0.1) is 5.92 Å². The van der Waals surface area contributed by atoms with E-state index in [1.165, 1.54) is 19.3 Å². The van der Waals surface area contributed by atoms with Gasteiger partial charge >= 0.3 is 0 Å². The van der Waals surface area contributed by atoms with Crippen LogP contribution in [0.25, 0.3) is 0 Å². The normalized spacial score (nSPS) is 19.4. The smallest absolute Gasteiger partial charge is 0.266 e. The van der Waals surface area contributed by atoms with Gasteiger partial charge in [-0.15, -0.1) is 0 Å². The molecule has 4 N–H and O–H groups in total. The zero-order valence-corrected chi connectivity index (χ0v) is 11.3. The Balaban J connectivity index is 2.23. The standard InChI is InChI=1S/C11H22N2O4S/c12-10(8-9-4-2-1-3-5-9)11(14)13-6-7-18(15,16)17/h9-10H,1-8,12H2,(H,13,14)(H,15,16,17). The maximum absolute atomic E-state index is 11.6. The summed E-state index contributed by atoms with van der Waals surface area (Å²) in [7, 11) is -4.03. The molecule has 7 heteroatoms. The molecule has 0 aliphatic heterocycles. The van der Waals surface area contributed by atoms with Crippen molar-refractivity contribution < 1.29 is 17.8 Å². The number of carbonyl (C=O) groups excluding carboxylic acids is 1.